The van der Waals surface area contributed by atoms with Gasteiger partial charge in [0, 0.05) is 25.7 Å². The Labute approximate surface area is 594 Å². The maximum Gasteiger partial charge on any atom is 0.472 e. The van der Waals surface area contributed by atoms with Crippen LogP contribution in [0.25, 0.3) is 0 Å². The first-order chi connectivity index (χ1) is 46.8. The van der Waals surface area contributed by atoms with Gasteiger partial charge in [-0.1, -0.05) is 350 Å². The zero-order chi connectivity index (χ0) is 71.6. The zero-order valence-corrected chi connectivity index (χ0v) is 65.3. The van der Waals surface area contributed by atoms with E-state index in [0.717, 1.165) is 108 Å². The Bertz CT molecular complexity index is 1890. The van der Waals surface area contributed by atoms with Crippen LogP contribution in [0.15, 0.2) is 0 Å². The van der Waals surface area contributed by atoms with Crippen molar-refractivity contribution in [3.8, 4) is 0 Å². The second-order valence-electron chi connectivity index (χ2n) is 29.3. The van der Waals surface area contributed by atoms with Crippen molar-refractivity contribution < 1.29 is 80.2 Å². The molecule has 3 unspecified atom stereocenters. The Kier molecular flexibility index (Phi) is 67.1. The van der Waals surface area contributed by atoms with Gasteiger partial charge in [0.05, 0.1) is 26.4 Å². The number of aliphatic hydroxyl groups excluding tert-OH is 1. The number of hydrogen-bond donors (Lipinski definition) is 3. The van der Waals surface area contributed by atoms with Gasteiger partial charge in [0.25, 0.3) is 0 Å². The van der Waals surface area contributed by atoms with Crippen molar-refractivity contribution in [1.82, 2.24) is 0 Å². The van der Waals surface area contributed by atoms with Gasteiger partial charge in [-0.3, -0.25) is 37.3 Å². The predicted octanol–water partition coefficient (Wildman–Crippen LogP) is 23.0. The van der Waals surface area contributed by atoms with E-state index in [1.807, 2.05) is 0 Å². The summed E-state index contributed by atoms with van der Waals surface area (Å²) in [5, 5.41) is 10.6. The molecule has 0 aromatic rings. The van der Waals surface area contributed by atoms with Crippen LogP contribution in [-0.4, -0.2) is 96.7 Å². The Hall–Kier alpha value is -1.94. The number of carbonyl (C=O) groups is 4. The second-order valence-corrected chi connectivity index (χ2v) is 32.2. The summed E-state index contributed by atoms with van der Waals surface area (Å²) in [5.74, 6) is 0.279. The van der Waals surface area contributed by atoms with Gasteiger partial charge in [-0.15, -0.1) is 0 Å². The van der Waals surface area contributed by atoms with Crippen LogP contribution in [0.4, 0.5) is 0 Å². The lowest BCUT2D eigenvalue weighted by molar-refractivity contribution is -0.161. The highest BCUT2D eigenvalue weighted by molar-refractivity contribution is 7.47. The van der Waals surface area contributed by atoms with Crippen molar-refractivity contribution in [2.24, 2.45) is 17.8 Å². The fraction of sp³-hybridized carbons (Fsp3) is 0.949. The summed E-state index contributed by atoms with van der Waals surface area (Å²) in [4.78, 5) is 72.9. The molecule has 3 N–H and O–H groups in total. The Balaban J connectivity index is 5.23. The molecule has 0 amide bonds. The molecule has 0 aliphatic rings. The quantitative estimate of drug-likeness (QED) is 0.0222. The lowest BCUT2D eigenvalue weighted by Crippen LogP contribution is -2.30. The number of unbranched alkanes of at least 4 members (excludes halogenated alkanes) is 43. The molecule has 0 aromatic carbocycles. The van der Waals surface area contributed by atoms with Gasteiger partial charge >= 0.3 is 39.5 Å². The number of phosphoric ester groups is 2. The third-order valence-electron chi connectivity index (χ3n) is 18.5. The number of phosphoric acid groups is 2. The van der Waals surface area contributed by atoms with Crippen molar-refractivity contribution in [1.29, 1.82) is 0 Å². The number of aliphatic hydroxyl groups is 1. The highest BCUT2D eigenvalue weighted by atomic mass is 31.2. The van der Waals surface area contributed by atoms with Gasteiger partial charge in [0.2, 0.25) is 0 Å². The van der Waals surface area contributed by atoms with E-state index in [-0.39, 0.29) is 25.7 Å². The van der Waals surface area contributed by atoms with Crippen LogP contribution in [0.1, 0.15) is 402 Å². The van der Waals surface area contributed by atoms with Gasteiger partial charge < -0.3 is 33.8 Å². The Morgan fingerprint density at radius 3 is 0.784 bits per heavy atom. The zero-order valence-electron chi connectivity index (χ0n) is 63.5. The molecule has 0 heterocycles. The summed E-state index contributed by atoms with van der Waals surface area (Å²) >= 11 is 0. The van der Waals surface area contributed by atoms with Crippen LogP contribution in [0.5, 0.6) is 0 Å². The first-order valence-corrected chi connectivity index (χ1v) is 43.4. The van der Waals surface area contributed by atoms with Crippen LogP contribution >= 0.6 is 15.6 Å². The molecule has 0 aromatic heterocycles. The van der Waals surface area contributed by atoms with Gasteiger partial charge in [-0.25, -0.2) is 9.13 Å². The second kappa shape index (κ2) is 68.5. The molecule has 0 rings (SSSR count). The molecule has 0 fully saturated rings. The van der Waals surface area contributed by atoms with Crippen LogP contribution in [-0.2, 0) is 65.4 Å². The minimum Gasteiger partial charge on any atom is -0.462 e. The van der Waals surface area contributed by atoms with E-state index in [9.17, 15) is 43.2 Å². The molecule has 0 radical (unpaired) electrons. The number of ether oxygens (including phenoxy) is 4. The topological polar surface area (TPSA) is 237 Å². The normalized spacial score (nSPS) is 14.3. The van der Waals surface area contributed by atoms with Crippen LogP contribution in [0.3, 0.4) is 0 Å². The molecule has 6 atom stereocenters. The minimum atomic E-state index is -4.96. The molecule has 19 heteroatoms. The van der Waals surface area contributed by atoms with Crippen LogP contribution < -0.4 is 0 Å². The summed E-state index contributed by atoms with van der Waals surface area (Å²) in [6.07, 6.45) is 55.4. The van der Waals surface area contributed by atoms with E-state index in [2.05, 4.69) is 48.5 Å². The molecule has 0 saturated heterocycles. The summed E-state index contributed by atoms with van der Waals surface area (Å²) in [5.41, 5.74) is 0. The highest BCUT2D eigenvalue weighted by Crippen LogP contribution is 2.45. The number of carbonyl (C=O) groups excluding carboxylic acids is 4. The molecule has 17 nitrogen and oxygen atoms in total. The van der Waals surface area contributed by atoms with Crippen molar-refractivity contribution >= 4 is 39.5 Å². The first kappa shape index (κ1) is 95.1. The minimum absolute atomic E-state index is 0.106. The third-order valence-corrected chi connectivity index (χ3v) is 20.4. The van der Waals surface area contributed by atoms with E-state index in [4.69, 9.17) is 37.0 Å². The maximum atomic E-state index is 13.1. The Morgan fingerprint density at radius 2 is 0.526 bits per heavy atom. The van der Waals surface area contributed by atoms with Crippen molar-refractivity contribution in [3.63, 3.8) is 0 Å². The summed E-state index contributed by atoms with van der Waals surface area (Å²) in [7, 11) is -9.91. The molecule has 0 bridgehead atoms. The van der Waals surface area contributed by atoms with E-state index in [0.29, 0.717) is 25.7 Å². The largest absolute Gasteiger partial charge is 0.472 e. The molecule has 0 aliphatic heterocycles. The summed E-state index contributed by atoms with van der Waals surface area (Å²) < 4.78 is 68.6. The van der Waals surface area contributed by atoms with E-state index in [1.165, 1.54) is 212 Å². The smallest absolute Gasteiger partial charge is 0.462 e. The van der Waals surface area contributed by atoms with Gasteiger partial charge in [-0.05, 0) is 43.4 Å². The summed E-state index contributed by atoms with van der Waals surface area (Å²) in [6.45, 7) is 12.0. The average Bonchev–Trinajstić information content (AvgIpc) is 1.27. The lowest BCUT2D eigenvalue weighted by atomic mass is 9.99. The third kappa shape index (κ3) is 70.9. The molecular weight excluding hydrogens is 1270 g/mol. The maximum absolute atomic E-state index is 13.1. The van der Waals surface area contributed by atoms with E-state index in [1.54, 1.807) is 0 Å². The molecule has 576 valence electrons. The predicted molar refractivity (Wildman–Crippen MR) is 395 cm³/mol. The lowest BCUT2D eigenvalue weighted by Gasteiger charge is -2.21. The average molecular weight is 1420 g/mol. The molecule has 0 aliphatic carbocycles. The number of rotatable bonds is 76. The molecule has 0 saturated carbocycles. The summed E-state index contributed by atoms with van der Waals surface area (Å²) in [6, 6.07) is 0. The molecule has 0 spiro atoms. The SMILES string of the molecule is CCCCCCCCCCCC(=O)OC[C@H](COP(=O)(O)OC[C@H](O)COP(=O)(O)OC[C@@H](COC(=O)CCCCCCCCCCCCCCC(C)C)OC(=O)CCCCCCCCCCCCCCCCCCC(C)C)OC(=O)CCCCCCCCCCCCC(C)CC. The van der Waals surface area contributed by atoms with Crippen molar-refractivity contribution in [3.05, 3.63) is 0 Å². The van der Waals surface area contributed by atoms with E-state index < -0.39 is 97.5 Å². The highest BCUT2D eigenvalue weighted by Gasteiger charge is 2.30. The van der Waals surface area contributed by atoms with Crippen LogP contribution in [0.2, 0.25) is 0 Å². The number of esters is 4. The van der Waals surface area contributed by atoms with Gasteiger partial charge in [-0.2, -0.15) is 0 Å². The molecular formula is C78H152O17P2. The fourth-order valence-corrected chi connectivity index (χ4v) is 13.5. The fourth-order valence-electron chi connectivity index (χ4n) is 11.9. The van der Waals surface area contributed by atoms with E-state index >= 15 is 0 Å². The Morgan fingerprint density at radius 1 is 0.299 bits per heavy atom. The van der Waals surface area contributed by atoms with Crippen molar-refractivity contribution in [2.45, 2.75) is 420 Å². The standard InChI is InChI=1S/C78H152O17P2/c1-8-10-11-12-13-28-38-45-52-59-75(80)88-65-73(95-78(83)62-55-48-41-34-27-26-31-37-44-51-58-71(7)9-2)67-92-96(84,85)90-63-72(79)64-91-97(86,87)93-68-74(66-89-76(81)60-53-46-39-32-24-21-20-23-30-36-43-50-57-70(5)6)94-77(82)61-54-47-40-33-25-19-17-15-14-16-18-22-29-35-42-49-56-69(3)4/h69-74,79H,8-68H2,1-7H3,(H,84,85)(H,86,87)/t71?,72-,73+,74+/m0/s1. The monoisotopic (exact) mass is 1420 g/mol. The molecule has 97 heavy (non-hydrogen) atoms. The number of hydrogen-bond acceptors (Lipinski definition) is 15. The van der Waals surface area contributed by atoms with Gasteiger partial charge in [0.1, 0.15) is 19.3 Å². The van der Waals surface area contributed by atoms with Crippen LogP contribution in [0, 0.1) is 17.8 Å². The van der Waals surface area contributed by atoms with Crippen molar-refractivity contribution in [2.75, 3.05) is 39.6 Å². The van der Waals surface area contributed by atoms with Gasteiger partial charge in [0.15, 0.2) is 12.2 Å². The first-order valence-electron chi connectivity index (χ1n) is 40.4.